The van der Waals surface area contributed by atoms with Gasteiger partial charge in [-0.3, -0.25) is 9.97 Å². The Balaban J connectivity index is 2.04. The fourth-order valence-electron chi connectivity index (χ4n) is 2.52. The number of aryl methyl sites for hydroxylation is 1. The van der Waals surface area contributed by atoms with Gasteiger partial charge in [0.15, 0.2) is 0 Å². The van der Waals surface area contributed by atoms with Crippen LogP contribution in [0, 0.1) is 6.92 Å². The van der Waals surface area contributed by atoms with E-state index in [2.05, 4.69) is 28.0 Å². The standard InChI is InChI=1S/C17H18N4/c1-12-9-17(15-10-14(18)3-4-16(15)20-12)21(2)11-13-5-7-19-8-6-13/h3-10H,11,18H2,1-2H3. The van der Waals surface area contributed by atoms with Gasteiger partial charge < -0.3 is 10.6 Å². The Kier molecular flexibility index (Phi) is 3.44. The largest absolute Gasteiger partial charge is 0.399 e. The molecule has 0 aliphatic carbocycles. The Hall–Kier alpha value is -2.62. The number of pyridine rings is 2. The highest BCUT2D eigenvalue weighted by Gasteiger charge is 2.09. The third-order valence-electron chi connectivity index (χ3n) is 3.52. The number of rotatable bonds is 3. The van der Waals surface area contributed by atoms with Gasteiger partial charge in [0.1, 0.15) is 0 Å². The van der Waals surface area contributed by atoms with E-state index in [0.29, 0.717) is 0 Å². The van der Waals surface area contributed by atoms with Crippen molar-refractivity contribution in [2.75, 3.05) is 17.7 Å². The van der Waals surface area contributed by atoms with E-state index in [-0.39, 0.29) is 0 Å². The second kappa shape index (κ2) is 5.40. The van der Waals surface area contributed by atoms with Crippen LogP contribution in [-0.2, 0) is 6.54 Å². The summed E-state index contributed by atoms with van der Waals surface area (Å²) in [6.45, 7) is 2.83. The van der Waals surface area contributed by atoms with Gasteiger partial charge in [-0.25, -0.2) is 0 Å². The van der Waals surface area contributed by atoms with E-state index >= 15 is 0 Å². The zero-order valence-electron chi connectivity index (χ0n) is 12.2. The number of nitrogen functional groups attached to an aromatic ring is 1. The van der Waals surface area contributed by atoms with Crippen LogP contribution in [0.25, 0.3) is 10.9 Å². The topological polar surface area (TPSA) is 55.0 Å². The summed E-state index contributed by atoms with van der Waals surface area (Å²) in [6, 6.07) is 12.0. The zero-order chi connectivity index (χ0) is 14.8. The van der Waals surface area contributed by atoms with Crippen LogP contribution in [0.5, 0.6) is 0 Å². The zero-order valence-corrected chi connectivity index (χ0v) is 12.2. The van der Waals surface area contributed by atoms with Gasteiger partial charge in [0.2, 0.25) is 0 Å². The van der Waals surface area contributed by atoms with Crippen LogP contribution in [0.1, 0.15) is 11.3 Å². The molecule has 0 aliphatic heterocycles. The molecule has 3 aromatic rings. The highest BCUT2D eigenvalue weighted by atomic mass is 15.1. The number of nitrogens with zero attached hydrogens (tertiary/aromatic N) is 3. The highest BCUT2D eigenvalue weighted by Crippen LogP contribution is 2.28. The Bertz CT molecular complexity index is 768. The minimum absolute atomic E-state index is 0.756. The SMILES string of the molecule is Cc1cc(N(C)Cc2ccncc2)c2cc(N)ccc2n1. The van der Waals surface area contributed by atoms with Crippen molar-refractivity contribution in [1.82, 2.24) is 9.97 Å². The number of aromatic nitrogens is 2. The lowest BCUT2D eigenvalue weighted by Gasteiger charge is -2.22. The minimum Gasteiger partial charge on any atom is -0.399 e. The predicted octanol–water partition coefficient (Wildman–Crippen LogP) is 3.16. The molecule has 0 radical (unpaired) electrons. The van der Waals surface area contributed by atoms with Crippen LogP contribution in [0.15, 0.2) is 48.8 Å². The smallest absolute Gasteiger partial charge is 0.0727 e. The number of hydrogen-bond acceptors (Lipinski definition) is 4. The molecule has 0 saturated heterocycles. The quantitative estimate of drug-likeness (QED) is 0.748. The molecule has 2 aromatic heterocycles. The third kappa shape index (κ3) is 2.79. The lowest BCUT2D eigenvalue weighted by atomic mass is 10.1. The van der Waals surface area contributed by atoms with Crippen molar-refractivity contribution in [2.45, 2.75) is 13.5 Å². The van der Waals surface area contributed by atoms with Gasteiger partial charge in [-0.2, -0.15) is 0 Å². The van der Waals surface area contributed by atoms with Crippen LogP contribution in [0.2, 0.25) is 0 Å². The molecular weight excluding hydrogens is 260 g/mol. The molecule has 0 spiro atoms. The van der Waals surface area contributed by atoms with Gasteiger partial charge in [0, 0.05) is 48.4 Å². The summed E-state index contributed by atoms with van der Waals surface area (Å²) < 4.78 is 0. The summed E-state index contributed by atoms with van der Waals surface area (Å²) in [7, 11) is 2.08. The minimum atomic E-state index is 0.756. The van der Waals surface area contributed by atoms with Crippen molar-refractivity contribution in [3.05, 3.63) is 60.0 Å². The van der Waals surface area contributed by atoms with Gasteiger partial charge in [-0.15, -0.1) is 0 Å². The van der Waals surface area contributed by atoms with Crippen molar-refractivity contribution >= 4 is 22.3 Å². The number of benzene rings is 1. The van der Waals surface area contributed by atoms with Crippen molar-refractivity contribution in [2.24, 2.45) is 0 Å². The van der Waals surface area contributed by atoms with E-state index in [9.17, 15) is 0 Å². The summed E-state index contributed by atoms with van der Waals surface area (Å²) in [4.78, 5) is 10.8. The average molecular weight is 278 g/mol. The molecule has 4 nitrogen and oxygen atoms in total. The summed E-state index contributed by atoms with van der Waals surface area (Å²) in [5, 5.41) is 1.08. The Morgan fingerprint density at radius 3 is 2.62 bits per heavy atom. The fraction of sp³-hybridized carbons (Fsp3) is 0.176. The van der Waals surface area contributed by atoms with Crippen molar-refractivity contribution in [1.29, 1.82) is 0 Å². The molecule has 3 rings (SSSR count). The van der Waals surface area contributed by atoms with E-state index < -0.39 is 0 Å². The molecule has 21 heavy (non-hydrogen) atoms. The first-order valence-electron chi connectivity index (χ1n) is 6.90. The maximum atomic E-state index is 5.93. The highest BCUT2D eigenvalue weighted by molar-refractivity contribution is 5.93. The van der Waals surface area contributed by atoms with Crippen LogP contribution in [0.3, 0.4) is 0 Å². The molecule has 4 heteroatoms. The van der Waals surface area contributed by atoms with E-state index in [1.807, 2.05) is 49.6 Å². The van der Waals surface area contributed by atoms with Gasteiger partial charge in [0.25, 0.3) is 0 Å². The summed E-state index contributed by atoms with van der Waals surface area (Å²) in [5.74, 6) is 0. The van der Waals surface area contributed by atoms with E-state index in [4.69, 9.17) is 5.73 Å². The summed E-state index contributed by atoms with van der Waals surface area (Å²) >= 11 is 0. The number of anilines is 2. The summed E-state index contributed by atoms with van der Waals surface area (Å²) in [6.07, 6.45) is 3.63. The second-order valence-corrected chi connectivity index (χ2v) is 5.27. The predicted molar refractivity (Wildman–Crippen MR) is 87.2 cm³/mol. The first-order chi connectivity index (χ1) is 10.1. The summed E-state index contributed by atoms with van der Waals surface area (Å²) in [5.41, 5.74) is 11.0. The third-order valence-corrected chi connectivity index (χ3v) is 3.52. The number of fused-ring (bicyclic) bond motifs is 1. The van der Waals surface area contributed by atoms with E-state index in [1.165, 1.54) is 5.56 Å². The average Bonchev–Trinajstić information content (AvgIpc) is 2.48. The molecule has 106 valence electrons. The Labute approximate surface area is 124 Å². The molecule has 0 amide bonds. The molecule has 2 heterocycles. The van der Waals surface area contributed by atoms with Crippen LogP contribution < -0.4 is 10.6 Å². The molecule has 0 fully saturated rings. The lowest BCUT2D eigenvalue weighted by Crippen LogP contribution is -2.17. The van der Waals surface area contributed by atoms with Crippen molar-refractivity contribution in [3.8, 4) is 0 Å². The fourth-order valence-corrected chi connectivity index (χ4v) is 2.52. The first kappa shape index (κ1) is 13.4. The molecule has 0 aliphatic rings. The molecule has 0 atom stereocenters. The maximum absolute atomic E-state index is 5.93. The van der Waals surface area contributed by atoms with Crippen LogP contribution in [0.4, 0.5) is 11.4 Å². The van der Waals surface area contributed by atoms with Gasteiger partial charge in [0.05, 0.1) is 5.52 Å². The lowest BCUT2D eigenvalue weighted by molar-refractivity contribution is 0.921. The van der Waals surface area contributed by atoms with Crippen LogP contribution in [-0.4, -0.2) is 17.0 Å². The number of nitrogens with two attached hydrogens (primary N) is 1. The van der Waals surface area contributed by atoms with Gasteiger partial charge in [-0.1, -0.05) is 0 Å². The maximum Gasteiger partial charge on any atom is 0.0727 e. The van der Waals surface area contributed by atoms with Crippen LogP contribution >= 0.6 is 0 Å². The Morgan fingerprint density at radius 2 is 1.86 bits per heavy atom. The van der Waals surface area contributed by atoms with Gasteiger partial charge >= 0.3 is 0 Å². The monoisotopic (exact) mass is 278 g/mol. The normalized spacial score (nSPS) is 10.8. The second-order valence-electron chi connectivity index (χ2n) is 5.27. The van der Waals surface area contributed by atoms with E-state index in [1.54, 1.807) is 0 Å². The van der Waals surface area contributed by atoms with Crippen molar-refractivity contribution < 1.29 is 0 Å². The Morgan fingerprint density at radius 1 is 1.10 bits per heavy atom. The first-order valence-corrected chi connectivity index (χ1v) is 6.90. The molecule has 0 saturated carbocycles. The van der Waals surface area contributed by atoms with Gasteiger partial charge in [-0.05, 0) is 48.9 Å². The molecule has 1 aromatic carbocycles. The molecule has 2 N–H and O–H groups in total. The van der Waals surface area contributed by atoms with Crippen molar-refractivity contribution in [3.63, 3.8) is 0 Å². The number of hydrogen-bond donors (Lipinski definition) is 1. The van der Waals surface area contributed by atoms with E-state index in [0.717, 1.165) is 34.5 Å². The molecular formula is C17H18N4. The molecule has 0 bridgehead atoms. The molecule has 0 unspecified atom stereocenters.